The predicted molar refractivity (Wildman–Crippen MR) is 60.2 cm³/mol. The molecule has 2 heterocycles. The van der Waals surface area contributed by atoms with Crippen LogP contribution < -0.4 is 5.73 Å². The molecule has 0 aliphatic carbocycles. The number of hydrogen-bond donors (Lipinski definition) is 1. The molecular formula is C10H12N4S. The predicted octanol–water partition coefficient (Wildman–Crippen LogP) is 1.89. The van der Waals surface area contributed by atoms with Gasteiger partial charge in [-0.1, -0.05) is 6.42 Å². The average molecular weight is 220 g/mol. The molecule has 1 aromatic heterocycles. The van der Waals surface area contributed by atoms with Crippen molar-refractivity contribution >= 4 is 17.6 Å². The Morgan fingerprint density at radius 2 is 2.40 bits per heavy atom. The molecular weight excluding hydrogens is 208 g/mol. The lowest BCUT2D eigenvalue weighted by Gasteiger charge is -2.19. The van der Waals surface area contributed by atoms with E-state index in [0.29, 0.717) is 16.6 Å². The van der Waals surface area contributed by atoms with Crippen molar-refractivity contribution in [3.05, 3.63) is 17.6 Å². The molecule has 2 N–H and O–H groups in total. The third-order valence-corrected chi connectivity index (χ3v) is 3.80. The van der Waals surface area contributed by atoms with Crippen molar-refractivity contribution in [1.82, 2.24) is 9.97 Å². The highest BCUT2D eigenvalue weighted by atomic mass is 32.2. The molecule has 0 radical (unpaired) electrons. The van der Waals surface area contributed by atoms with Gasteiger partial charge in [0, 0.05) is 0 Å². The fourth-order valence-corrected chi connectivity index (χ4v) is 2.85. The lowest BCUT2D eigenvalue weighted by molar-refractivity contribution is 0.662. The molecule has 5 heteroatoms. The van der Waals surface area contributed by atoms with Gasteiger partial charge < -0.3 is 5.73 Å². The third-order valence-electron chi connectivity index (χ3n) is 2.42. The molecule has 0 aromatic carbocycles. The summed E-state index contributed by atoms with van der Waals surface area (Å²) < 4.78 is 0. The Balaban J connectivity index is 2.22. The highest BCUT2D eigenvalue weighted by Crippen LogP contribution is 2.36. The first-order valence-corrected chi connectivity index (χ1v) is 6.00. The maximum Gasteiger partial charge on any atom is 0.145 e. The summed E-state index contributed by atoms with van der Waals surface area (Å²) in [5.41, 5.74) is 6.02. The van der Waals surface area contributed by atoms with Crippen LogP contribution in [0.3, 0.4) is 0 Å². The molecule has 78 valence electrons. The minimum atomic E-state index is 0.300. The van der Waals surface area contributed by atoms with Crippen LogP contribution in [-0.4, -0.2) is 15.7 Å². The van der Waals surface area contributed by atoms with Crippen molar-refractivity contribution in [2.45, 2.75) is 24.5 Å². The van der Waals surface area contributed by atoms with E-state index in [0.717, 1.165) is 18.0 Å². The molecule has 2 rings (SSSR count). The van der Waals surface area contributed by atoms with Crippen molar-refractivity contribution in [1.29, 1.82) is 5.26 Å². The Hall–Kier alpha value is -1.28. The van der Waals surface area contributed by atoms with Crippen LogP contribution in [0.1, 0.15) is 35.9 Å². The zero-order valence-corrected chi connectivity index (χ0v) is 9.13. The van der Waals surface area contributed by atoms with Crippen molar-refractivity contribution in [3.63, 3.8) is 0 Å². The van der Waals surface area contributed by atoms with Crippen LogP contribution in [0.2, 0.25) is 0 Å². The van der Waals surface area contributed by atoms with Crippen LogP contribution in [0.5, 0.6) is 0 Å². The summed E-state index contributed by atoms with van der Waals surface area (Å²) in [4.78, 5) is 8.39. The van der Waals surface area contributed by atoms with Crippen LogP contribution in [0.15, 0.2) is 6.20 Å². The number of aromatic nitrogens is 2. The molecule has 1 atom stereocenters. The van der Waals surface area contributed by atoms with E-state index in [1.54, 1.807) is 0 Å². The molecule has 0 saturated carbocycles. The van der Waals surface area contributed by atoms with Crippen LogP contribution in [0, 0.1) is 11.3 Å². The van der Waals surface area contributed by atoms with Gasteiger partial charge in [-0.05, 0) is 18.6 Å². The molecule has 1 fully saturated rings. The quantitative estimate of drug-likeness (QED) is 0.782. The van der Waals surface area contributed by atoms with E-state index in [4.69, 9.17) is 11.0 Å². The number of nitrogens with zero attached hydrogens (tertiary/aromatic N) is 3. The zero-order chi connectivity index (χ0) is 10.7. The lowest BCUT2D eigenvalue weighted by atomic mass is 10.2. The summed E-state index contributed by atoms with van der Waals surface area (Å²) in [7, 11) is 0. The van der Waals surface area contributed by atoms with Gasteiger partial charge in [-0.15, -0.1) is 0 Å². The Morgan fingerprint density at radius 1 is 1.53 bits per heavy atom. The smallest absolute Gasteiger partial charge is 0.145 e. The summed E-state index contributed by atoms with van der Waals surface area (Å²) in [5, 5.41) is 9.06. The van der Waals surface area contributed by atoms with Gasteiger partial charge in [0.15, 0.2) is 0 Å². The molecule has 1 aromatic rings. The molecule has 1 aliphatic rings. The molecule has 0 spiro atoms. The fraction of sp³-hybridized carbons (Fsp3) is 0.500. The van der Waals surface area contributed by atoms with E-state index in [1.165, 1.54) is 19.0 Å². The Labute approximate surface area is 92.9 Å². The number of rotatable bonds is 1. The van der Waals surface area contributed by atoms with E-state index in [1.807, 2.05) is 17.8 Å². The first kappa shape index (κ1) is 10.2. The van der Waals surface area contributed by atoms with E-state index in [-0.39, 0.29) is 0 Å². The number of thioether (sulfide) groups is 1. The molecule has 1 unspecified atom stereocenters. The summed E-state index contributed by atoms with van der Waals surface area (Å²) in [6.07, 6.45) is 5.12. The van der Waals surface area contributed by atoms with Gasteiger partial charge in [-0.3, -0.25) is 0 Å². The van der Waals surface area contributed by atoms with Crippen molar-refractivity contribution in [3.8, 4) is 6.07 Å². The minimum absolute atomic E-state index is 0.300. The second kappa shape index (κ2) is 4.49. The molecule has 4 nitrogen and oxygen atoms in total. The van der Waals surface area contributed by atoms with Gasteiger partial charge in [-0.2, -0.15) is 17.0 Å². The van der Waals surface area contributed by atoms with Gasteiger partial charge in [0.25, 0.3) is 0 Å². The molecule has 15 heavy (non-hydrogen) atoms. The van der Waals surface area contributed by atoms with Crippen LogP contribution in [0.4, 0.5) is 5.82 Å². The molecule has 1 aliphatic heterocycles. The van der Waals surface area contributed by atoms with Crippen molar-refractivity contribution < 1.29 is 0 Å². The molecule has 1 saturated heterocycles. The van der Waals surface area contributed by atoms with Crippen LogP contribution >= 0.6 is 11.8 Å². The summed E-state index contributed by atoms with van der Waals surface area (Å²) in [6, 6.07) is 1.97. The summed E-state index contributed by atoms with van der Waals surface area (Å²) >= 11 is 1.87. The van der Waals surface area contributed by atoms with Crippen LogP contribution in [-0.2, 0) is 0 Å². The van der Waals surface area contributed by atoms with Gasteiger partial charge in [0.05, 0.1) is 11.4 Å². The largest absolute Gasteiger partial charge is 0.382 e. The summed E-state index contributed by atoms with van der Waals surface area (Å²) in [5.74, 6) is 2.23. The second-order valence-corrected chi connectivity index (χ2v) is 4.80. The van der Waals surface area contributed by atoms with Crippen molar-refractivity contribution in [2.24, 2.45) is 0 Å². The molecule has 0 amide bonds. The van der Waals surface area contributed by atoms with Crippen LogP contribution in [0.25, 0.3) is 0 Å². The first-order chi connectivity index (χ1) is 7.31. The normalized spacial score (nSPS) is 20.9. The highest BCUT2D eigenvalue weighted by Gasteiger charge is 2.19. The molecule has 0 bridgehead atoms. The van der Waals surface area contributed by atoms with Crippen molar-refractivity contribution in [2.75, 3.05) is 11.5 Å². The van der Waals surface area contributed by atoms with Gasteiger partial charge in [-0.25, -0.2) is 9.97 Å². The first-order valence-electron chi connectivity index (χ1n) is 4.95. The topological polar surface area (TPSA) is 75.6 Å². The maximum atomic E-state index is 8.70. The van der Waals surface area contributed by atoms with Gasteiger partial charge >= 0.3 is 0 Å². The number of anilines is 1. The third kappa shape index (κ3) is 2.21. The second-order valence-electron chi connectivity index (χ2n) is 3.49. The Morgan fingerprint density at radius 3 is 3.00 bits per heavy atom. The number of hydrogen-bond acceptors (Lipinski definition) is 5. The van der Waals surface area contributed by atoms with Gasteiger partial charge in [0.2, 0.25) is 0 Å². The Kier molecular flexibility index (Phi) is 3.07. The van der Waals surface area contributed by atoms with Gasteiger partial charge in [0.1, 0.15) is 23.3 Å². The highest BCUT2D eigenvalue weighted by molar-refractivity contribution is 7.99. The Bertz CT molecular complexity index is 393. The fourth-order valence-electron chi connectivity index (χ4n) is 1.59. The van der Waals surface area contributed by atoms with E-state index in [9.17, 15) is 0 Å². The van der Waals surface area contributed by atoms with E-state index in [2.05, 4.69) is 9.97 Å². The number of nitrogen functional groups attached to an aromatic ring is 1. The number of nitrogens with two attached hydrogens (primary N) is 1. The van der Waals surface area contributed by atoms with E-state index >= 15 is 0 Å². The lowest BCUT2D eigenvalue weighted by Crippen LogP contribution is -2.08. The minimum Gasteiger partial charge on any atom is -0.382 e. The summed E-state index contributed by atoms with van der Waals surface area (Å²) in [6.45, 7) is 0. The maximum absolute atomic E-state index is 8.70. The number of nitriles is 1. The standard InChI is InChI=1S/C10H12N4S/c11-5-7-6-13-10(14-9(7)12)8-3-1-2-4-15-8/h6,8H,1-4H2,(H2,12,13,14). The average Bonchev–Trinajstić information content (AvgIpc) is 2.30. The van der Waals surface area contributed by atoms with E-state index < -0.39 is 0 Å². The monoisotopic (exact) mass is 220 g/mol. The SMILES string of the molecule is N#Cc1cnc(C2CCCCS2)nc1N. The zero-order valence-electron chi connectivity index (χ0n) is 8.31.